The van der Waals surface area contributed by atoms with Crippen LogP contribution in [0.5, 0.6) is 0 Å². The number of anilines is 1. The van der Waals surface area contributed by atoms with Crippen LogP contribution in [0, 0.1) is 0 Å². The van der Waals surface area contributed by atoms with E-state index in [1.807, 2.05) is 19.1 Å². The first-order valence-corrected chi connectivity index (χ1v) is 8.17. The quantitative estimate of drug-likeness (QED) is 0.874. The van der Waals surface area contributed by atoms with Gasteiger partial charge in [0.25, 0.3) is 0 Å². The normalized spacial score (nSPS) is 16.8. The fourth-order valence-corrected chi connectivity index (χ4v) is 2.94. The summed E-state index contributed by atoms with van der Waals surface area (Å²) in [5, 5.41) is 7.43. The molecule has 1 aromatic carbocycles. The summed E-state index contributed by atoms with van der Waals surface area (Å²) >= 11 is 0. The SMILES string of the molecule is CCOC(=O)C1=C(C)Nc2ncnn2[C@H]1c1ccc(C(C)C)cc1. The summed E-state index contributed by atoms with van der Waals surface area (Å²) in [7, 11) is 0. The fourth-order valence-electron chi connectivity index (χ4n) is 2.94. The van der Waals surface area contributed by atoms with E-state index in [1.54, 1.807) is 11.6 Å². The predicted molar refractivity (Wildman–Crippen MR) is 91.6 cm³/mol. The van der Waals surface area contributed by atoms with E-state index in [-0.39, 0.29) is 12.0 Å². The molecule has 1 N–H and O–H groups in total. The van der Waals surface area contributed by atoms with Gasteiger partial charge in [-0.15, -0.1) is 0 Å². The molecule has 1 atom stereocenters. The number of fused-ring (bicyclic) bond motifs is 1. The molecule has 0 spiro atoms. The molecular formula is C18H22N4O2. The molecule has 6 nitrogen and oxygen atoms in total. The lowest BCUT2D eigenvalue weighted by Crippen LogP contribution is -2.29. The number of rotatable bonds is 4. The van der Waals surface area contributed by atoms with Crippen LogP contribution < -0.4 is 5.32 Å². The zero-order valence-electron chi connectivity index (χ0n) is 14.4. The lowest BCUT2D eigenvalue weighted by atomic mass is 9.93. The van der Waals surface area contributed by atoms with Crippen molar-refractivity contribution in [2.24, 2.45) is 0 Å². The molecule has 6 heteroatoms. The van der Waals surface area contributed by atoms with Gasteiger partial charge < -0.3 is 10.1 Å². The van der Waals surface area contributed by atoms with Crippen LogP contribution in [0.15, 0.2) is 41.9 Å². The molecule has 1 aliphatic heterocycles. The lowest BCUT2D eigenvalue weighted by Gasteiger charge is -2.28. The Bertz CT molecular complexity index is 775. The molecule has 0 radical (unpaired) electrons. The van der Waals surface area contributed by atoms with E-state index in [9.17, 15) is 4.79 Å². The molecule has 0 fully saturated rings. The third-order valence-electron chi connectivity index (χ3n) is 4.21. The van der Waals surface area contributed by atoms with Gasteiger partial charge in [-0.3, -0.25) is 0 Å². The van der Waals surface area contributed by atoms with Gasteiger partial charge in [-0.2, -0.15) is 10.1 Å². The Morgan fingerprint density at radius 1 is 1.33 bits per heavy atom. The number of hydrogen-bond donors (Lipinski definition) is 1. The molecule has 1 aliphatic rings. The maximum absolute atomic E-state index is 12.5. The Hall–Kier alpha value is -2.63. The monoisotopic (exact) mass is 326 g/mol. The van der Waals surface area contributed by atoms with Gasteiger partial charge in [0.2, 0.25) is 5.95 Å². The van der Waals surface area contributed by atoms with E-state index < -0.39 is 0 Å². The second-order valence-electron chi connectivity index (χ2n) is 6.14. The van der Waals surface area contributed by atoms with Crippen LogP contribution in [-0.4, -0.2) is 27.3 Å². The van der Waals surface area contributed by atoms with Gasteiger partial charge in [0.05, 0.1) is 12.2 Å². The summed E-state index contributed by atoms with van der Waals surface area (Å²) in [6.45, 7) is 8.31. The Morgan fingerprint density at radius 3 is 2.67 bits per heavy atom. The molecule has 1 aromatic heterocycles. The minimum absolute atomic E-state index is 0.332. The molecule has 0 unspecified atom stereocenters. The van der Waals surface area contributed by atoms with Gasteiger partial charge in [0.1, 0.15) is 12.4 Å². The number of carbonyl (C=O) groups excluding carboxylic acids is 1. The van der Waals surface area contributed by atoms with Crippen molar-refractivity contribution in [3.8, 4) is 0 Å². The molecule has 0 saturated carbocycles. The topological polar surface area (TPSA) is 69.0 Å². The third kappa shape index (κ3) is 2.79. The average molecular weight is 326 g/mol. The van der Waals surface area contributed by atoms with Gasteiger partial charge in [-0.1, -0.05) is 38.1 Å². The first-order valence-electron chi connectivity index (χ1n) is 8.17. The van der Waals surface area contributed by atoms with Gasteiger partial charge in [-0.05, 0) is 30.9 Å². The van der Waals surface area contributed by atoms with E-state index in [0.717, 1.165) is 11.3 Å². The second kappa shape index (κ2) is 6.47. The number of ether oxygens (including phenoxy) is 1. The summed E-state index contributed by atoms with van der Waals surface area (Å²) in [5.74, 6) is 0.746. The summed E-state index contributed by atoms with van der Waals surface area (Å²) in [5.41, 5.74) is 3.54. The smallest absolute Gasteiger partial charge is 0.338 e. The molecule has 2 aromatic rings. The standard InChI is InChI=1S/C18H22N4O2/c1-5-24-17(23)15-12(4)21-18-19-10-20-22(18)16(15)14-8-6-13(7-9-14)11(2)3/h6-11,16H,5H2,1-4H3,(H,19,20,21)/t16-/m0/s1. The van der Waals surface area contributed by atoms with E-state index in [0.29, 0.717) is 24.0 Å². The summed E-state index contributed by atoms with van der Waals surface area (Å²) in [6, 6.07) is 7.93. The zero-order chi connectivity index (χ0) is 17.3. The van der Waals surface area contributed by atoms with Gasteiger partial charge in [-0.25, -0.2) is 9.48 Å². The van der Waals surface area contributed by atoms with Crippen molar-refractivity contribution >= 4 is 11.9 Å². The molecule has 126 valence electrons. The molecule has 0 bridgehead atoms. The first kappa shape index (κ1) is 16.2. The number of carbonyl (C=O) groups is 1. The van der Waals surface area contributed by atoms with Crippen LogP contribution >= 0.6 is 0 Å². The Kier molecular flexibility index (Phi) is 4.38. The van der Waals surface area contributed by atoms with Crippen molar-refractivity contribution in [3.63, 3.8) is 0 Å². The van der Waals surface area contributed by atoms with Crippen molar-refractivity contribution < 1.29 is 9.53 Å². The van der Waals surface area contributed by atoms with Crippen LogP contribution in [0.1, 0.15) is 50.8 Å². The average Bonchev–Trinajstić information content (AvgIpc) is 3.01. The van der Waals surface area contributed by atoms with Crippen molar-refractivity contribution in [2.45, 2.75) is 39.7 Å². The van der Waals surface area contributed by atoms with Crippen LogP contribution in [0.3, 0.4) is 0 Å². The molecule has 0 aliphatic carbocycles. The van der Waals surface area contributed by atoms with Gasteiger partial charge in [0, 0.05) is 5.70 Å². The predicted octanol–water partition coefficient (Wildman–Crippen LogP) is 3.25. The molecule has 0 saturated heterocycles. The number of benzene rings is 1. The van der Waals surface area contributed by atoms with E-state index in [1.165, 1.54) is 11.9 Å². The highest BCUT2D eigenvalue weighted by molar-refractivity contribution is 5.92. The van der Waals surface area contributed by atoms with Crippen molar-refractivity contribution in [1.82, 2.24) is 14.8 Å². The fraction of sp³-hybridized carbons (Fsp3) is 0.389. The third-order valence-corrected chi connectivity index (χ3v) is 4.21. The summed E-state index contributed by atoms with van der Waals surface area (Å²) < 4.78 is 6.98. The molecule has 0 amide bonds. The minimum Gasteiger partial charge on any atom is -0.463 e. The summed E-state index contributed by atoms with van der Waals surface area (Å²) in [6.07, 6.45) is 1.49. The number of aromatic nitrogens is 3. The largest absolute Gasteiger partial charge is 0.463 e. The highest BCUT2D eigenvalue weighted by Gasteiger charge is 2.34. The second-order valence-corrected chi connectivity index (χ2v) is 6.14. The number of nitrogens with zero attached hydrogens (tertiary/aromatic N) is 3. The van der Waals surface area contributed by atoms with Gasteiger partial charge >= 0.3 is 5.97 Å². The number of esters is 1. The van der Waals surface area contributed by atoms with Crippen molar-refractivity contribution in [2.75, 3.05) is 11.9 Å². The molecule has 3 rings (SSSR count). The molecule has 24 heavy (non-hydrogen) atoms. The zero-order valence-corrected chi connectivity index (χ0v) is 14.4. The first-order chi connectivity index (χ1) is 11.5. The number of allylic oxidation sites excluding steroid dienone is 1. The minimum atomic E-state index is -0.344. The maximum Gasteiger partial charge on any atom is 0.338 e. The van der Waals surface area contributed by atoms with Crippen LogP contribution in [0.4, 0.5) is 5.95 Å². The number of hydrogen-bond acceptors (Lipinski definition) is 5. The van der Waals surface area contributed by atoms with E-state index in [4.69, 9.17) is 4.74 Å². The lowest BCUT2D eigenvalue weighted by molar-refractivity contribution is -0.139. The van der Waals surface area contributed by atoms with E-state index >= 15 is 0 Å². The molecule has 2 heterocycles. The van der Waals surface area contributed by atoms with Crippen LogP contribution in [0.25, 0.3) is 0 Å². The number of nitrogens with one attached hydrogen (secondary N) is 1. The Morgan fingerprint density at radius 2 is 2.04 bits per heavy atom. The van der Waals surface area contributed by atoms with E-state index in [2.05, 4.69) is 41.4 Å². The summed E-state index contributed by atoms with van der Waals surface area (Å²) in [4.78, 5) is 16.7. The molecular weight excluding hydrogens is 304 g/mol. The highest BCUT2D eigenvalue weighted by atomic mass is 16.5. The van der Waals surface area contributed by atoms with Crippen LogP contribution in [0.2, 0.25) is 0 Å². The Balaban J connectivity index is 2.08. The van der Waals surface area contributed by atoms with Crippen molar-refractivity contribution in [1.29, 1.82) is 0 Å². The van der Waals surface area contributed by atoms with Crippen LogP contribution in [-0.2, 0) is 9.53 Å². The highest BCUT2D eigenvalue weighted by Crippen LogP contribution is 2.35. The Labute approximate surface area is 141 Å². The maximum atomic E-state index is 12.5. The van der Waals surface area contributed by atoms with Gasteiger partial charge in [0.15, 0.2) is 0 Å². The van der Waals surface area contributed by atoms with Crippen molar-refractivity contribution in [3.05, 3.63) is 53.0 Å².